The van der Waals surface area contributed by atoms with Crippen molar-refractivity contribution in [2.75, 3.05) is 0 Å². The molecule has 1 unspecified atom stereocenters. The summed E-state index contributed by atoms with van der Waals surface area (Å²) in [5.41, 5.74) is 5.06. The monoisotopic (exact) mass is 475 g/mol. The quantitative estimate of drug-likeness (QED) is 0.560. The second-order valence-electron chi connectivity index (χ2n) is 10.9. The van der Waals surface area contributed by atoms with Crippen molar-refractivity contribution in [3.63, 3.8) is 0 Å². The summed E-state index contributed by atoms with van der Waals surface area (Å²) in [4.78, 5) is 0. The molecule has 2 aliphatic rings. The molecule has 2 aliphatic carbocycles. The van der Waals surface area contributed by atoms with E-state index in [0.29, 0.717) is 0 Å². The van der Waals surface area contributed by atoms with Crippen LogP contribution in [0.25, 0.3) is 0 Å². The molecule has 0 saturated heterocycles. The van der Waals surface area contributed by atoms with Gasteiger partial charge in [-0.05, 0) is 0 Å². The fourth-order valence-electron chi connectivity index (χ4n) is 4.06. The third-order valence-corrected chi connectivity index (χ3v) is 7.48. The average Bonchev–Trinajstić information content (AvgIpc) is 2.79. The molecule has 0 radical (unpaired) electrons. The zero-order valence-electron chi connectivity index (χ0n) is 19.1. The van der Waals surface area contributed by atoms with Crippen LogP contribution in [0.3, 0.4) is 0 Å². The largest absolute Gasteiger partial charge is 1.00 e. The van der Waals surface area contributed by atoms with Gasteiger partial charge in [0, 0.05) is 0 Å². The minimum atomic E-state index is 0. The number of hydrogen-bond donors (Lipinski definition) is 0. The molecule has 0 fully saturated rings. The molecule has 0 bridgehead atoms. The SMILES string of the molecule is CC(C)(C)SC1(CC2=[C]([Ti+2])CC=C2)CC=C(C(C)(C)C)C=C1C(C)(C)C.[Cl-].[Cl-]. The van der Waals surface area contributed by atoms with Gasteiger partial charge in [-0.15, -0.1) is 0 Å². The summed E-state index contributed by atoms with van der Waals surface area (Å²) in [6.45, 7) is 21.3. The first-order valence-corrected chi connectivity index (χ1v) is 11.5. The molecule has 0 heterocycles. The summed E-state index contributed by atoms with van der Waals surface area (Å²) in [5.74, 6) is 0. The number of thioether (sulfide) groups is 1. The van der Waals surface area contributed by atoms with Crippen LogP contribution in [0.15, 0.2) is 44.9 Å². The molecule has 4 heteroatoms. The van der Waals surface area contributed by atoms with Gasteiger partial charge in [0.1, 0.15) is 0 Å². The van der Waals surface area contributed by atoms with Gasteiger partial charge in [0.25, 0.3) is 0 Å². The topological polar surface area (TPSA) is 0 Å². The maximum Gasteiger partial charge on any atom is -1.00 e. The molecule has 1 atom stereocenters. The smallest absolute Gasteiger partial charge is 1.00 e. The first kappa shape index (κ1) is 28.6. The fraction of sp³-hybridized carbons (Fsp3) is 0.667. The van der Waals surface area contributed by atoms with Crippen LogP contribution in [0.5, 0.6) is 0 Å². The van der Waals surface area contributed by atoms with Crippen molar-refractivity contribution in [1.29, 1.82) is 0 Å². The Kier molecular flexibility index (Phi) is 10.0. The molecular weight excluding hydrogens is 439 g/mol. The van der Waals surface area contributed by atoms with E-state index in [1.165, 1.54) is 5.57 Å². The van der Waals surface area contributed by atoms with E-state index in [4.69, 9.17) is 0 Å². The molecule has 28 heavy (non-hydrogen) atoms. The van der Waals surface area contributed by atoms with Crippen molar-refractivity contribution in [2.24, 2.45) is 10.8 Å². The Labute approximate surface area is 202 Å². The molecule has 157 valence electrons. The van der Waals surface area contributed by atoms with Gasteiger partial charge in [0.2, 0.25) is 0 Å². The van der Waals surface area contributed by atoms with E-state index in [1.54, 1.807) is 15.0 Å². The second-order valence-corrected chi connectivity index (χ2v) is 14.1. The van der Waals surface area contributed by atoms with Crippen molar-refractivity contribution in [1.82, 2.24) is 0 Å². The van der Waals surface area contributed by atoms with E-state index < -0.39 is 0 Å². The maximum atomic E-state index is 2.55. The van der Waals surface area contributed by atoms with Gasteiger partial charge in [-0.25, -0.2) is 0 Å². The van der Waals surface area contributed by atoms with Crippen LogP contribution in [0.2, 0.25) is 0 Å². The first-order chi connectivity index (χ1) is 11.6. The molecule has 0 spiro atoms. The normalized spacial score (nSPS) is 23.1. The van der Waals surface area contributed by atoms with E-state index in [0.717, 1.165) is 19.3 Å². The third kappa shape index (κ3) is 7.09. The number of hydrogen-bond acceptors (Lipinski definition) is 1. The van der Waals surface area contributed by atoms with Crippen molar-refractivity contribution in [3.8, 4) is 0 Å². The Morgan fingerprint density at radius 2 is 1.54 bits per heavy atom. The first-order valence-electron chi connectivity index (χ1n) is 9.88. The Morgan fingerprint density at radius 3 is 1.93 bits per heavy atom. The summed E-state index contributed by atoms with van der Waals surface area (Å²) in [6.07, 6.45) is 13.2. The van der Waals surface area contributed by atoms with Gasteiger partial charge >= 0.3 is 179 Å². The summed E-state index contributed by atoms with van der Waals surface area (Å²) < 4.78 is 1.93. The molecule has 0 aliphatic heterocycles. The Morgan fingerprint density at radius 1 is 0.964 bits per heavy atom. The molecule has 0 aromatic heterocycles. The molecule has 0 aromatic carbocycles. The predicted molar refractivity (Wildman–Crippen MR) is 115 cm³/mol. The van der Waals surface area contributed by atoms with Gasteiger partial charge in [-0.2, -0.15) is 0 Å². The van der Waals surface area contributed by atoms with Crippen LogP contribution in [0.1, 0.15) is 81.6 Å². The minimum absolute atomic E-state index is 0. The molecule has 2 rings (SSSR count). The standard InChI is InChI=1S/C24H37S.2ClH.Ti/c1-21(2,3)19-14-15-24(25-23(7,8)9,17-18-12-10-11-13-18)20(16-19)22(4,5)6;;;/h10,12,14,16H,11,15,17H2,1-9H3;2*1H;/q;;;+2/p-2. The van der Waals surface area contributed by atoms with Crippen molar-refractivity contribution < 1.29 is 45.2 Å². The Bertz CT molecular complexity index is 679. The van der Waals surface area contributed by atoms with Crippen LogP contribution in [0.4, 0.5) is 0 Å². The van der Waals surface area contributed by atoms with Gasteiger partial charge in [-0.3, -0.25) is 0 Å². The fourth-order valence-corrected chi connectivity index (χ4v) is 6.56. The summed E-state index contributed by atoms with van der Waals surface area (Å²) in [7, 11) is 0. The number of halogens is 2. The maximum absolute atomic E-state index is 2.55. The van der Waals surface area contributed by atoms with Crippen LogP contribution in [0, 0.1) is 10.8 Å². The zero-order chi connectivity index (χ0) is 20.0. The molecule has 0 N–H and O–H groups in total. The predicted octanol–water partition coefficient (Wildman–Crippen LogP) is 1.76. The van der Waals surface area contributed by atoms with Gasteiger partial charge in [-0.1, -0.05) is 0 Å². The van der Waals surface area contributed by atoms with E-state index in [-0.39, 0.29) is 45.1 Å². The number of rotatable bonds is 3. The zero-order valence-corrected chi connectivity index (χ0v) is 23.0. The van der Waals surface area contributed by atoms with E-state index in [2.05, 4.69) is 119 Å². The second kappa shape index (κ2) is 9.82. The van der Waals surface area contributed by atoms with Gasteiger partial charge in [0.15, 0.2) is 0 Å². The van der Waals surface area contributed by atoms with Crippen LogP contribution >= 0.6 is 11.8 Å². The molecule has 0 nitrogen and oxygen atoms in total. The van der Waals surface area contributed by atoms with Crippen LogP contribution in [-0.4, -0.2) is 9.49 Å². The Balaban J connectivity index is 0.00000364. The molecule has 0 aromatic rings. The number of allylic oxidation sites excluding steroid dienone is 7. The molecular formula is C24H37Cl2STi. The van der Waals surface area contributed by atoms with Crippen LogP contribution < -0.4 is 24.8 Å². The van der Waals surface area contributed by atoms with Crippen molar-refractivity contribution >= 4 is 11.8 Å². The van der Waals surface area contributed by atoms with Crippen molar-refractivity contribution in [2.45, 2.75) is 91.1 Å². The van der Waals surface area contributed by atoms with E-state index in [9.17, 15) is 0 Å². The average molecular weight is 476 g/mol. The molecule has 0 amide bonds. The summed E-state index contributed by atoms with van der Waals surface area (Å²) >= 11 is 4.49. The Hall–Kier alpha value is 0.604. The van der Waals surface area contributed by atoms with Crippen LogP contribution in [-0.2, 0) is 20.4 Å². The summed E-state index contributed by atoms with van der Waals surface area (Å²) in [5, 5.41) is 0. The summed E-state index contributed by atoms with van der Waals surface area (Å²) in [6, 6.07) is 0. The van der Waals surface area contributed by atoms with Crippen molar-refractivity contribution in [3.05, 3.63) is 44.9 Å². The van der Waals surface area contributed by atoms with E-state index in [1.807, 2.05) is 0 Å². The minimum Gasteiger partial charge on any atom is -1.00 e. The van der Waals surface area contributed by atoms with E-state index >= 15 is 0 Å². The van der Waals surface area contributed by atoms with Gasteiger partial charge < -0.3 is 24.8 Å². The molecule has 0 saturated carbocycles. The third-order valence-electron chi connectivity index (χ3n) is 5.12. The van der Waals surface area contributed by atoms with Gasteiger partial charge in [0.05, 0.1) is 0 Å².